The lowest BCUT2D eigenvalue weighted by atomic mass is 10.1. The zero-order valence-corrected chi connectivity index (χ0v) is 12.4. The lowest BCUT2D eigenvalue weighted by molar-refractivity contribution is 0.0689. The van der Waals surface area contributed by atoms with Crippen LogP contribution in [0.1, 0.15) is 35.2 Å². The van der Waals surface area contributed by atoms with Gasteiger partial charge >= 0.3 is 5.97 Å². The average Bonchev–Trinajstić information content (AvgIpc) is 3.13. The van der Waals surface area contributed by atoms with Gasteiger partial charge in [0.25, 0.3) is 0 Å². The molecule has 0 saturated heterocycles. The minimum Gasteiger partial charge on any atom is -0.476 e. The van der Waals surface area contributed by atoms with Crippen molar-refractivity contribution in [2.24, 2.45) is 7.05 Å². The average molecular weight is 296 g/mol. The van der Waals surface area contributed by atoms with Gasteiger partial charge in [-0.1, -0.05) is 6.07 Å². The highest BCUT2D eigenvalue weighted by molar-refractivity contribution is 5.88. The van der Waals surface area contributed by atoms with Crippen LogP contribution in [0.2, 0.25) is 0 Å². The molecule has 0 atom stereocenters. The quantitative estimate of drug-likeness (QED) is 0.806. The number of benzene rings is 1. The standard InChI is InChI=1S/C16H16N4O2/c1-9-17-12-7-10(3-6-14(12)20(9)11-4-5-11)15-8-13(16(21)22)18-19(15)2/h3,6-8,11H,4-5H2,1-2H3,(H,21,22). The number of nitrogens with zero attached hydrogens (tertiary/aromatic N) is 4. The van der Waals surface area contributed by atoms with E-state index in [0.717, 1.165) is 28.1 Å². The van der Waals surface area contributed by atoms with E-state index in [4.69, 9.17) is 5.11 Å². The molecule has 2 heterocycles. The number of hydrogen-bond donors (Lipinski definition) is 1. The number of rotatable bonds is 3. The van der Waals surface area contributed by atoms with E-state index in [-0.39, 0.29) is 5.69 Å². The second kappa shape index (κ2) is 4.43. The number of carboxylic acids is 1. The van der Waals surface area contributed by atoms with Gasteiger partial charge in [-0.25, -0.2) is 9.78 Å². The predicted molar refractivity (Wildman–Crippen MR) is 81.9 cm³/mol. The van der Waals surface area contributed by atoms with Gasteiger partial charge in [-0.05, 0) is 38.0 Å². The SMILES string of the molecule is Cc1nc2cc(-c3cc(C(=O)O)nn3C)ccc2n1C1CC1. The normalized spacial score (nSPS) is 14.6. The van der Waals surface area contributed by atoms with E-state index in [1.54, 1.807) is 17.8 Å². The predicted octanol–water partition coefficient (Wildman–Crippen LogP) is 2.78. The van der Waals surface area contributed by atoms with E-state index in [0.29, 0.717) is 6.04 Å². The zero-order chi connectivity index (χ0) is 15.4. The molecule has 0 bridgehead atoms. The Kier molecular flexibility index (Phi) is 2.63. The Morgan fingerprint density at radius 1 is 1.32 bits per heavy atom. The van der Waals surface area contributed by atoms with Crippen LogP contribution < -0.4 is 0 Å². The van der Waals surface area contributed by atoms with Crippen molar-refractivity contribution in [3.8, 4) is 11.3 Å². The molecule has 112 valence electrons. The van der Waals surface area contributed by atoms with E-state index in [1.165, 1.54) is 12.8 Å². The first-order valence-electron chi connectivity index (χ1n) is 7.31. The van der Waals surface area contributed by atoms with Crippen molar-refractivity contribution >= 4 is 17.0 Å². The van der Waals surface area contributed by atoms with E-state index in [1.807, 2.05) is 19.1 Å². The minimum absolute atomic E-state index is 0.0530. The summed E-state index contributed by atoms with van der Waals surface area (Å²) in [7, 11) is 1.75. The third-order valence-electron chi connectivity index (χ3n) is 4.17. The summed E-state index contributed by atoms with van der Waals surface area (Å²) in [5.74, 6) is 0.0164. The lowest BCUT2D eigenvalue weighted by Crippen LogP contribution is -1.99. The summed E-state index contributed by atoms with van der Waals surface area (Å²) in [4.78, 5) is 15.7. The lowest BCUT2D eigenvalue weighted by Gasteiger charge is -2.05. The largest absolute Gasteiger partial charge is 0.476 e. The van der Waals surface area contributed by atoms with Crippen LogP contribution >= 0.6 is 0 Å². The van der Waals surface area contributed by atoms with Crippen LogP contribution in [0, 0.1) is 6.92 Å². The molecule has 22 heavy (non-hydrogen) atoms. The number of aromatic nitrogens is 4. The first-order valence-corrected chi connectivity index (χ1v) is 7.31. The summed E-state index contributed by atoms with van der Waals surface area (Å²) >= 11 is 0. The molecule has 0 unspecified atom stereocenters. The van der Waals surface area contributed by atoms with Gasteiger partial charge < -0.3 is 9.67 Å². The first-order chi connectivity index (χ1) is 10.5. The summed E-state index contributed by atoms with van der Waals surface area (Å²) < 4.78 is 3.89. The van der Waals surface area contributed by atoms with Gasteiger partial charge in [-0.2, -0.15) is 5.10 Å². The summed E-state index contributed by atoms with van der Waals surface area (Å²) in [5, 5.41) is 13.1. The van der Waals surface area contributed by atoms with E-state index in [2.05, 4.69) is 20.7 Å². The van der Waals surface area contributed by atoms with Crippen molar-refractivity contribution in [2.75, 3.05) is 0 Å². The van der Waals surface area contributed by atoms with Crippen molar-refractivity contribution in [1.82, 2.24) is 19.3 Å². The Labute approximate surface area is 127 Å². The fraction of sp³-hybridized carbons (Fsp3) is 0.312. The van der Waals surface area contributed by atoms with E-state index < -0.39 is 5.97 Å². The number of fused-ring (bicyclic) bond motifs is 1. The van der Waals surface area contributed by atoms with Crippen LogP contribution in [0.4, 0.5) is 0 Å². The minimum atomic E-state index is -1.02. The molecule has 1 aliphatic carbocycles. The molecule has 2 aromatic heterocycles. The topological polar surface area (TPSA) is 72.9 Å². The van der Waals surface area contributed by atoms with Gasteiger partial charge in [0.1, 0.15) is 5.82 Å². The first kappa shape index (κ1) is 13.1. The zero-order valence-electron chi connectivity index (χ0n) is 12.4. The van der Waals surface area contributed by atoms with Crippen LogP contribution in [0.25, 0.3) is 22.3 Å². The second-order valence-corrected chi connectivity index (χ2v) is 5.81. The molecule has 4 rings (SSSR count). The molecule has 0 spiro atoms. The molecular weight excluding hydrogens is 280 g/mol. The maximum Gasteiger partial charge on any atom is 0.356 e. The van der Waals surface area contributed by atoms with Gasteiger partial charge in [0.2, 0.25) is 0 Å². The van der Waals surface area contributed by atoms with Crippen LogP contribution in [-0.2, 0) is 7.05 Å². The smallest absolute Gasteiger partial charge is 0.356 e. The third-order valence-corrected chi connectivity index (χ3v) is 4.17. The molecule has 1 aromatic carbocycles. The molecule has 1 saturated carbocycles. The number of aryl methyl sites for hydroxylation is 2. The van der Waals surface area contributed by atoms with Gasteiger partial charge in [0.05, 0.1) is 16.7 Å². The molecule has 0 amide bonds. The van der Waals surface area contributed by atoms with Crippen molar-refractivity contribution in [3.05, 3.63) is 35.8 Å². The van der Waals surface area contributed by atoms with Gasteiger partial charge in [0.15, 0.2) is 5.69 Å². The number of hydrogen-bond acceptors (Lipinski definition) is 3. The van der Waals surface area contributed by atoms with Gasteiger partial charge in [-0.15, -0.1) is 0 Å². The summed E-state index contributed by atoms with van der Waals surface area (Å²) in [6.45, 7) is 2.03. The van der Waals surface area contributed by atoms with E-state index >= 15 is 0 Å². The molecule has 3 aromatic rings. The van der Waals surface area contributed by atoms with Crippen molar-refractivity contribution < 1.29 is 9.90 Å². The number of carboxylic acid groups (broad SMARTS) is 1. The molecule has 1 N–H and O–H groups in total. The maximum atomic E-state index is 11.0. The van der Waals surface area contributed by atoms with Crippen LogP contribution in [-0.4, -0.2) is 30.4 Å². The van der Waals surface area contributed by atoms with Crippen LogP contribution in [0.15, 0.2) is 24.3 Å². The summed E-state index contributed by atoms with van der Waals surface area (Å²) in [6, 6.07) is 8.26. The highest BCUT2D eigenvalue weighted by Gasteiger charge is 2.27. The molecule has 0 aliphatic heterocycles. The Balaban J connectivity index is 1.84. The molecular formula is C16H16N4O2. The summed E-state index contributed by atoms with van der Waals surface area (Å²) in [6.07, 6.45) is 2.44. The Bertz CT molecular complexity index is 902. The fourth-order valence-corrected chi connectivity index (χ4v) is 3.01. The number of aromatic carboxylic acids is 1. The van der Waals surface area contributed by atoms with Crippen LogP contribution in [0.5, 0.6) is 0 Å². The Hall–Kier alpha value is -2.63. The maximum absolute atomic E-state index is 11.0. The molecule has 1 aliphatic rings. The third kappa shape index (κ3) is 1.91. The summed E-state index contributed by atoms with van der Waals surface area (Å²) in [5.41, 5.74) is 3.84. The highest BCUT2D eigenvalue weighted by atomic mass is 16.4. The highest BCUT2D eigenvalue weighted by Crippen LogP contribution is 2.39. The molecule has 6 nitrogen and oxygen atoms in total. The Morgan fingerprint density at radius 2 is 2.09 bits per heavy atom. The van der Waals surface area contributed by atoms with Crippen molar-refractivity contribution in [3.63, 3.8) is 0 Å². The Morgan fingerprint density at radius 3 is 2.73 bits per heavy atom. The fourth-order valence-electron chi connectivity index (χ4n) is 3.01. The molecule has 0 radical (unpaired) electrons. The van der Waals surface area contributed by atoms with Crippen molar-refractivity contribution in [1.29, 1.82) is 0 Å². The van der Waals surface area contributed by atoms with E-state index in [9.17, 15) is 4.79 Å². The molecule has 1 fully saturated rings. The monoisotopic (exact) mass is 296 g/mol. The molecule has 6 heteroatoms. The number of imidazole rings is 1. The van der Waals surface area contributed by atoms with Gasteiger partial charge in [0, 0.05) is 18.7 Å². The number of carbonyl (C=O) groups is 1. The van der Waals surface area contributed by atoms with Crippen LogP contribution in [0.3, 0.4) is 0 Å². The van der Waals surface area contributed by atoms with Crippen molar-refractivity contribution in [2.45, 2.75) is 25.8 Å². The second-order valence-electron chi connectivity index (χ2n) is 5.81. The van der Waals surface area contributed by atoms with Gasteiger partial charge in [-0.3, -0.25) is 4.68 Å².